The van der Waals surface area contributed by atoms with E-state index in [1.807, 2.05) is 6.92 Å². The molecule has 0 heterocycles. The molecule has 0 bridgehead atoms. The van der Waals surface area contributed by atoms with Gasteiger partial charge in [0.2, 0.25) is 0 Å². The van der Waals surface area contributed by atoms with Gasteiger partial charge >= 0.3 is 15.4 Å². The van der Waals surface area contributed by atoms with Crippen molar-refractivity contribution in [3.63, 3.8) is 0 Å². The molecule has 10 heteroatoms. The molecule has 2 atom stereocenters. The van der Waals surface area contributed by atoms with Crippen molar-refractivity contribution < 1.29 is 37.2 Å². The van der Waals surface area contributed by atoms with Crippen LogP contribution in [-0.4, -0.2) is 49.0 Å². The Labute approximate surface area is 132 Å². The summed E-state index contributed by atoms with van der Waals surface area (Å²) in [4.78, 5) is 18.8. The van der Waals surface area contributed by atoms with Crippen LogP contribution in [0.3, 0.4) is 0 Å². The van der Waals surface area contributed by atoms with Gasteiger partial charge in [-0.3, -0.25) is 13.6 Å². The topological polar surface area (TPSA) is 112 Å². The van der Waals surface area contributed by atoms with Gasteiger partial charge in [-0.15, -0.1) is 0 Å². The van der Waals surface area contributed by atoms with Crippen LogP contribution < -0.4 is 0 Å². The molecule has 2 unspecified atom stereocenters. The third-order valence-corrected chi connectivity index (χ3v) is 4.91. The number of rotatable bonds is 15. The quantitative estimate of drug-likeness (QED) is 0.338. The van der Waals surface area contributed by atoms with Crippen LogP contribution in [0.2, 0.25) is 0 Å². The molecule has 134 valence electrons. The highest BCUT2D eigenvalue weighted by molar-refractivity contribution is 7.52. The number of phosphoric ester groups is 1. The van der Waals surface area contributed by atoms with E-state index in [9.17, 15) is 18.9 Å². The molecule has 0 aliphatic carbocycles. The van der Waals surface area contributed by atoms with Crippen molar-refractivity contribution in [2.45, 2.75) is 39.5 Å². The van der Waals surface area contributed by atoms with Crippen LogP contribution >= 0.6 is 15.4 Å². The molecule has 0 aliphatic rings. The second-order valence-corrected chi connectivity index (χ2v) is 8.02. The molecule has 0 amide bonds. The summed E-state index contributed by atoms with van der Waals surface area (Å²) < 4.78 is 42.4. The van der Waals surface area contributed by atoms with Crippen molar-refractivity contribution in [3.8, 4) is 0 Å². The first-order chi connectivity index (χ1) is 10.3. The Morgan fingerprint density at radius 1 is 0.818 bits per heavy atom. The summed E-state index contributed by atoms with van der Waals surface area (Å²) in [5, 5.41) is 0. The van der Waals surface area contributed by atoms with E-state index in [0.717, 1.165) is 6.42 Å². The molecule has 0 aromatic rings. The van der Waals surface area contributed by atoms with E-state index in [4.69, 9.17) is 18.3 Å². The van der Waals surface area contributed by atoms with Crippen molar-refractivity contribution in [1.29, 1.82) is 0 Å². The zero-order valence-corrected chi connectivity index (χ0v) is 15.1. The smallest absolute Gasteiger partial charge is 0.381 e. The number of ether oxygens (including phenoxy) is 1. The normalized spacial score (nSPS) is 17.1. The third-order valence-electron chi connectivity index (χ3n) is 2.56. The van der Waals surface area contributed by atoms with E-state index in [-0.39, 0.29) is 32.6 Å². The highest BCUT2D eigenvalue weighted by Gasteiger charge is 2.21. The number of unbranched alkanes of at least 4 members (excludes halogenated alkanes) is 2. The minimum Gasteiger partial charge on any atom is -0.381 e. The molecule has 0 saturated heterocycles. The Balaban J connectivity index is 3.64. The molecule has 22 heavy (non-hydrogen) atoms. The maximum Gasteiger partial charge on any atom is 0.472 e. The molecule has 0 saturated carbocycles. The van der Waals surface area contributed by atoms with Gasteiger partial charge in [0.05, 0.1) is 32.6 Å². The summed E-state index contributed by atoms with van der Waals surface area (Å²) >= 11 is 0. The van der Waals surface area contributed by atoms with Crippen molar-refractivity contribution >= 4 is 15.4 Å². The standard InChI is InChI=1S/C12H28O8P2/c1-3-5-8-19-22(15,16)20-10-7-6-9-18-21(13,14)12-11-17-4-2/h3-12H2,1-2H3,(H,13,14)(H,15,16). The summed E-state index contributed by atoms with van der Waals surface area (Å²) in [5.41, 5.74) is 0. The van der Waals surface area contributed by atoms with Gasteiger partial charge in [0, 0.05) is 6.61 Å². The summed E-state index contributed by atoms with van der Waals surface area (Å²) in [6, 6.07) is 0. The monoisotopic (exact) mass is 362 g/mol. The first-order valence-corrected chi connectivity index (χ1v) is 10.7. The maximum atomic E-state index is 11.5. The van der Waals surface area contributed by atoms with Crippen molar-refractivity contribution in [1.82, 2.24) is 0 Å². The van der Waals surface area contributed by atoms with E-state index in [2.05, 4.69) is 0 Å². The minimum atomic E-state index is -3.98. The largest absolute Gasteiger partial charge is 0.472 e. The van der Waals surface area contributed by atoms with E-state index in [1.54, 1.807) is 6.92 Å². The molecule has 0 aromatic heterocycles. The zero-order valence-electron chi connectivity index (χ0n) is 13.3. The van der Waals surface area contributed by atoms with Gasteiger partial charge in [-0.1, -0.05) is 13.3 Å². The zero-order chi connectivity index (χ0) is 16.9. The van der Waals surface area contributed by atoms with E-state index < -0.39 is 15.4 Å². The molecule has 2 N–H and O–H groups in total. The molecule has 8 nitrogen and oxygen atoms in total. The van der Waals surface area contributed by atoms with Gasteiger partial charge in [0.1, 0.15) is 0 Å². The molecular weight excluding hydrogens is 334 g/mol. The lowest BCUT2D eigenvalue weighted by atomic mass is 10.3. The molecule has 0 aliphatic heterocycles. The fraction of sp³-hybridized carbons (Fsp3) is 1.00. The van der Waals surface area contributed by atoms with Crippen LogP contribution in [0.15, 0.2) is 0 Å². The molecule has 0 spiro atoms. The van der Waals surface area contributed by atoms with Crippen molar-refractivity contribution in [2.24, 2.45) is 0 Å². The lowest BCUT2D eigenvalue weighted by molar-refractivity contribution is 0.141. The molecular formula is C12H28O8P2. The van der Waals surface area contributed by atoms with Crippen molar-refractivity contribution in [3.05, 3.63) is 0 Å². The van der Waals surface area contributed by atoms with Gasteiger partial charge in [-0.2, -0.15) is 0 Å². The summed E-state index contributed by atoms with van der Waals surface area (Å²) in [7, 11) is -7.60. The predicted molar refractivity (Wildman–Crippen MR) is 83.0 cm³/mol. The van der Waals surface area contributed by atoms with E-state index in [1.165, 1.54) is 0 Å². The Kier molecular flexibility index (Phi) is 12.7. The number of hydrogen-bond acceptors (Lipinski definition) is 6. The third kappa shape index (κ3) is 13.9. The number of phosphoric acid groups is 1. The molecule has 0 fully saturated rings. The maximum absolute atomic E-state index is 11.5. The fourth-order valence-corrected chi connectivity index (χ4v) is 3.04. The van der Waals surface area contributed by atoms with E-state index in [0.29, 0.717) is 25.9 Å². The second-order valence-electron chi connectivity index (χ2n) is 4.59. The Hall–Kier alpha value is 0.220. The minimum absolute atomic E-state index is 0.0257. The highest BCUT2D eigenvalue weighted by Crippen LogP contribution is 2.44. The van der Waals surface area contributed by atoms with Crippen molar-refractivity contribution in [2.75, 3.05) is 39.2 Å². The van der Waals surface area contributed by atoms with Crippen LogP contribution in [-0.2, 0) is 27.4 Å². The Bertz CT molecular complexity index is 329. The van der Waals surface area contributed by atoms with Gasteiger partial charge in [0.25, 0.3) is 0 Å². The lowest BCUT2D eigenvalue weighted by Crippen LogP contribution is -2.04. The average Bonchev–Trinajstić information content (AvgIpc) is 2.43. The van der Waals surface area contributed by atoms with Crippen LogP contribution in [0, 0.1) is 0 Å². The van der Waals surface area contributed by atoms with Gasteiger partial charge in [0.15, 0.2) is 0 Å². The predicted octanol–water partition coefficient (Wildman–Crippen LogP) is 2.94. The lowest BCUT2D eigenvalue weighted by Gasteiger charge is -2.13. The molecule has 0 aromatic carbocycles. The number of hydrogen-bond donors (Lipinski definition) is 2. The summed E-state index contributed by atoms with van der Waals surface area (Å²) in [5.74, 6) is 0. The first kappa shape index (κ1) is 22.2. The SMILES string of the molecule is CCCCOP(=O)(O)OCCCCOP(=O)(O)CCOCC. The average molecular weight is 362 g/mol. The summed E-state index contributed by atoms with van der Waals surface area (Å²) in [6.07, 6.45) is 2.37. The second kappa shape index (κ2) is 12.6. The van der Waals surface area contributed by atoms with Crippen LogP contribution in [0.1, 0.15) is 39.5 Å². The Morgan fingerprint density at radius 2 is 1.36 bits per heavy atom. The van der Waals surface area contributed by atoms with Gasteiger partial charge in [-0.05, 0) is 26.2 Å². The first-order valence-electron chi connectivity index (χ1n) is 7.49. The Morgan fingerprint density at radius 3 is 1.91 bits per heavy atom. The fourth-order valence-electron chi connectivity index (χ4n) is 1.34. The van der Waals surface area contributed by atoms with Crippen LogP contribution in [0.4, 0.5) is 0 Å². The van der Waals surface area contributed by atoms with E-state index >= 15 is 0 Å². The van der Waals surface area contributed by atoms with Gasteiger partial charge < -0.3 is 19.0 Å². The highest BCUT2D eigenvalue weighted by atomic mass is 31.2. The van der Waals surface area contributed by atoms with Crippen LogP contribution in [0.5, 0.6) is 0 Å². The van der Waals surface area contributed by atoms with Crippen LogP contribution in [0.25, 0.3) is 0 Å². The molecule has 0 radical (unpaired) electrons. The summed E-state index contributed by atoms with van der Waals surface area (Å²) in [6.45, 7) is 4.69. The van der Waals surface area contributed by atoms with Gasteiger partial charge in [-0.25, -0.2) is 4.57 Å². The molecule has 0 rings (SSSR count).